The summed E-state index contributed by atoms with van der Waals surface area (Å²) in [5.74, 6) is -1.15. The van der Waals surface area contributed by atoms with Gasteiger partial charge in [0.15, 0.2) is 0 Å². The molecule has 6 nitrogen and oxygen atoms in total. The Labute approximate surface area is 124 Å². The SMILES string of the molecule is CC(C)(C)CC(CC(=O)O)NC(=O)Cc1ccc(N)cn1. The molecule has 1 unspecified atom stereocenters. The van der Waals surface area contributed by atoms with Gasteiger partial charge in [-0.05, 0) is 24.0 Å². The van der Waals surface area contributed by atoms with Crippen LogP contribution in [-0.2, 0) is 16.0 Å². The number of carboxylic acids is 1. The number of carbonyl (C=O) groups excluding carboxylic acids is 1. The van der Waals surface area contributed by atoms with Crippen molar-refractivity contribution in [3.05, 3.63) is 24.0 Å². The Hall–Kier alpha value is -2.11. The number of pyridine rings is 1. The molecule has 1 amide bonds. The zero-order chi connectivity index (χ0) is 16.0. The van der Waals surface area contributed by atoms with E-state index in [4.69, 9.17) is 10.8 Å². The molecule has 1 aromatic heterocycles. The quantitative estimate of drug-likeness (QED) is 0.739. The second-order valence-electron chi connectivity index (χ2n) is 6.39. The molecule has 0 fully saturated rings. The fourth-order valence-corrected chi connectivity index (χ4v) is 2.11. The van der Waals surface area contributed by atoms with E-state index < -0.39 is 5.97 Å². The van der Waals surface area contributed by atoms with E-state index in [1.54, 1.807) is 12.1 Å². The van der Waals surface area contributed by atoms with Crippen molar-refractivity contribution in [2.45, 2.75) is 46.1 Å². The molecule has 0 aliphatic heterocycles. The van der Waals surface area contributed by atoms with E-state index in [2.05, 4.69) is 10.3 Å². The number of nitrogen functional groups attached to an aromatic ring is 1. The summed E-state index contributed by atoms with van der Waals surface area (Å²) in [7, 11) is 0. The maximum Gasteiger partial charge on any atom is 0.305 e. The molecule has 0 radical (unpaired) electrons. The maximum absolute atomic E-state index is 12.0. The standard InChI is InChI=1S/C15H23N3O3/c1-15(2,3)8-12(7-14(20)21)18-13(19)6-11-5-4-10(16)9-17-11/h4-5,9,12H,6-8,16H2,1-3H3,(H,18,19)(H,20,21). The number of aliphatic carboxylic acids is 1. The maximum atomic E-state index is 12.0. The van der Waals surface area contributed by atoms with E-state index in [-0.39, 0.29) is 30.2 Å². The molecule has 1 rings (SSSR count). The lowest BCUT2D eigenvalue weighted by molar-refractivity contribution is -0.137. The summed E-state index contributed by atoms with van der Waals surface area (Å²) in [6.45, 7) is 6.03. The molecular formula is C15H23N3O3. The minimum atomic E-state index is -0.921. The van der Waals surface area contributed by atoms with Gasteiger partial charge in [0.2, 0.25) is 5.91 Å². The van der Waals surface area contributed by atoms with Crippen LogP contribution in [-0.4, -0.2) is 28.0 Å². The minimum Gasteiger partial charge on any atom is -0.481 e. The molecule has 0 spiro atoms. The first-order chi connectivity index (χ1) is 9.65. The number of carboxylic acid groups (broad SMARTS) is 1. The Morgan fingerprint density at radius 1 is 1.38 bits per heavy atom. The Balaban J connectivity index is 2.62. The molecule has 1 heterocycles. The first-order valence-electron chi connectivity index (χ1n) is 6.87. The highest BCUT2D eigenvalue weighted by Gasteiger charge is 2.22. The van der Waals surface area contributed by atoms with Gasteiger partial charge in [-0.15, -0.1) is 0 Å². The van der Waals surface area contributed by atoms with Crippen molar-refractivity contribution in [3.63, 3.8) is 0 Å². The van der Waals surface area contributed by atoms with Gasteiger partial charge in [-0.1, -0.05) is 20.8 Å². The predicted octanol–water partition coefficient (Wildman–Crippen LogP) is 1.60. The van der Waals surface area contributed by atoms with Crippen LogP contribution in [0.4, 0.5) is 5.69 Å². The third-order valence-corrected chi connectivity index (χ3v) is 2.83. The number of hydrogen-bond donors (Lipinski definition) is 3. The van der Waals surface area contributed by atoms with Crippen LogP contribution in [0.15, 0.2) is 18.3 Å². The van der Waals surface area contributed by atoms with Gasteiger partial charge in [-0.3, -0.25) is 14.6 Å². The van der Waals surface area contributed by atoms with Crippen LogP contribution in [0.5, 0.6) is 0 Å². The van der Waals surface area contributed by atoms with Gasteiger partial charge in [0.25, 0.3) is 0 Å². The molecule has 0 aliphatic carbocycles. The Morgan fingerprint density at radius 3 is 2.52 bits per heavy atom. The first-order valence-corrected chi connectivity index (χ1v) is 6.87. The monoisotopic (exact) mass is 293 g/mol. The summed E-state index contributed by atoms with van der Waals surface area (Å²) in [6, 6.07) is 2.98. The summed E-state index contributed by atoms with van der Waals surface area (Å²) in [6.07, 6.45) is 2.12. The fraction of sp³-hybridized carbons (Fsp3) is 0.533. The third-order valence-electron chi connectivity index (χ3n) is 2.83. The van der Waals surface area contributed by atoms with Crippen molar-refractivity contribution in [1.29, 1.82) is 0 Å². The van der Waals surface area contributed by atoms with Gasteiger partial charge in [0, 0.05) is 11.7 Å². The Bertz CT molecular complexity index is 492. The van der Waals surface area contributed by atoms with Crippen molar-refractivity contribution in [1.82, 2.24) is 10.3 Å². The summed E-state index contributed by atoms with van der Waals surface area (Å²) in [5.41, 5.74) is 6.61. The largest absolute Gasteiger partial charge is 0.481 e. The molecule has 116 valence electrons. The van der Waals surface area contributed by atoms with E-state index >= 15 is 0 Å². The average Bonchev–Trinajstić information content (AvgIpc) is 2.28. The molecule has 0 aliphatic rings. The average molecular weight is 293 g/mol. The molecule has 0 saturated carbocycles. The third kappa shape index (κ3) is 7.29. The molecule has 21 heavy (non-hydrogen) atoms. The van der Waals surface area contributed by atoms with Gasteiger partial charge in [-0.25, -0.2) is 0 Å². The van der Waals surface area contributed by atoms with E-state index in [0.29, 0.717) is 17.8 Å². The fourth-order valence-electron chi connectivity index (χ4n) is 2.11. The van der Waals surface area contributed by atoms with Crippen LogP contribution in [0.2, 0.25) is 0 Å². The first kappa shape index (κ1) is 16.9. The molecule has 0 saturated heterocycles. The highest BCUT2D eigenvalue weighted by atomic mass is 16.4. The van der Waals surface area contributed by atoms with Gasteiger partial charge >= 0.3 is 5.97 Å². The van der Waals surface area contributed by atoms with Crippen molar-refractivity contribution < 1.29 is 14.7 Å². The lowest BCUT2D eigenvalue weighted by Crippen LogP contribution is -2.39. The smallest absolute Gasteiger partial charge is 0.305 e. The molecule has 0 bridgehead atoms. The van der Waals surface area contributed by atoms with Gasteiger partial charge in [0.05, 0.1) is 24.7 Å². The number of amides is 1. The van der Waals surface area contributed by atoms with Gasteiger partial charge in [-0.2, -0.15) is 0 Å². The van der Waals surface area contributed by atoms with Crippen LogP contribution in [0.1, 0.15) is 39.3 Å². The summed E-state index contributed by atoms with van der Waals surface area (Å²) in [4.78, 5) is 27.0. The van der Waals surface area contributed by atoms with Crippen molar-refractivity contribution in [2.75, 3.05) is 5.73 Å². The lowest BCUT2D eigenvalue weighted by Gasteiger charge is -2.25. The molecule has 1 aromatic rings. The van der Waals surface area contributed by atoms with Crippen molar-refractivity contribution in [3.8, 4) is 0 Å². The molecule has 4 N–H and O–H groups in total. The number of aromatic nitrogens is 1. The Kier molecular flexibility index (Phi) is 5.69. The summed E-state index contributed by atoms with van der Waals surface area (Å²) < 4.78 is 0. The zero-order valence-electron chi connectivity index (χ0n) is 12.7. The van der Waals surface area contributed by atoms with Crippen LogP contribution >= 0.6 is 0 Å². The molecule has 6 heteroatoms. The number of rotatable bonds is 6. The number of nitrogens with zero attached hydrogens (tertiary/aromatic N) is 1. The number of carbonyl (C=O) groups is 2. The van der Waals surface area contributed by atoms with Crippen LogP contribution in [0.25, 0.3) is 0 Å². The highest BCUT2D eigenvalue weighted by Crippen LogP contribution is 2.22. The predicted molar refractivity (Wildman–Crippen MR) is 80.6 cm³/mol. The van der Waals surface area contributed by atoms with Crippen molar-refractivity contribution in [2.24, 2.45) is 5.41 Å². The number of nitrogens with two attached hydrogens (primary N) is 1. The Morgan fingerprint density at radius 2 is 2.05 bits per heavy atom. The van der Waals surface area contributed by atoms with E-state index in [1.165, 1.54) is 6.20 Å². The van der Waals surface area contributed by atoms with E-state index in [1.807, 2.05) is 20.8 Å². The lowest BCUT2D eigenvalue weighted by atomic mass is 9.87. The molecular weight excluding hydrogens is 270 g/mol. The van der Waals surface area contributed by atoms with Crippen LogP contribution in [0.3, 0.4) is 0 Å². The molecule has 0 aromatic carbocycles. The number of hydrogen-bond acceptors (Lipinski definition) is 4. The van der Waals surface area contributed by atoms with Gasteiger partial charge < -0.3 is 16.2 Å². The number of anilines is 1. The molecule has 1 atom stereocenters. The normalized spacial score (nSPS) is 12.7. The van der Waals surface area contributed by atoms with Gasteiger partial charge in [0.1, 0.15) is 0 Å². The topological polar surface area (TPSA) is 105 Å². The van der Waals surface area contributed by atoms with Crippen LogP contribution in [0, 0.1) is 5.41 Å². The van der Waals surface area contributed by atoms with E-state index in [9.17, 15) is 9.59 Å². The minimum absolute atomic E-state index is 0.0627. The van der Waals surface area contributed by atoms with Crippen molar-refractivity contribution >= 4 is 17.6 Å². The zero-order valence-corrected chi connectivity index (χ0v) is 12.7. The number of nitrogens with one attached hydrogen (secondary N) is 1. The summed E-state index contributed by atoms with van der Waals surface area (Å²) >= 11 is 0. The highest BCUT2D eigenvalue weighted by molar-refractivity contribution is 5.79. The van der Waals surface area contributed by atoms with Crippen LogP contribution < -0.4 is 11.1 Å². The second kappa shape index (κ2) is 7.06. The second-order valence-corrected chi connectivity index (χ2v) is 6.39. The summed E-state index contributed by atoms with van der Waals surface area (Å²) in [5, 5.41) is 11.7. The van der Waals surface area contributed by atoms with E-state index in [0.717, 1.165) is 0 Å².